The monoisotopic (exact) mass is 335 g/mol. The molecule has 0 fully saturated rings. The Balaban J connectivity index is 2.15. The molecular weight excluding hydrogens is 320 g/mol. The molecule has 0 spiro atoms. The molecule has 0 amide bonds. The van der Waals surface area contributed by atoms with Gasteiger partial charge in [0.25, 0.3) is 5.92 Å². The van der Waals surface area contributed by atoms with E-state index in [-0.39, 0.29) is 30.2 Å². The van der Waals surface area contributed by atoms with E-state index in [0.717, 1.165) is 11.1 Å². The Labute approximate surface area is 128 Å². The van der Waals surface area contributed by atoms with E-state index in [0.29, 0.717) is 6.42 Å². The third-order valence-electron chi connectivity index (χ3n) is 3.33. The summed E-state index contributed by atoms with van der Waals surface area (Å²) in [6.07, 6.45) is 1.39. The lowest BCUT2D eigenvalue weighted by molar-refractivity contribution is -0.00602. The molecule has 0 unspecified atom stereocenters. The number of sulfonamides is 1. The summed E-state index contributed by atoms with van der Waals surface area (Å²) in [6, 6.07) is 6.23. The van der Waals surface area contributed by atoms with Crippen LogP contribution < -0.4 is 4.72 Å². The molecule has 3 nitrogen and oxygen atoms in total. The average molecular weight is 336 g/mol. The lowest BCUT2D eigenvalue weighted by Gasteiger charge is -2.21. The summed E-state index contributed by atoms with van der Waals surface area (Å²) in [5, 5.41) is 0. The predicted molar refractivity (Wildman–Crippen MR) is 79.1 cm³/mol. The molecule has 7 heteroatoms. The van der Waals surface area contributed by atoms with Crippen molar-refractivity contribution in [1.29, 1.82) is 0 Å². The van der Waals surface area contributed by atoms with Crippen molar-refractivity contribution < 1.29 is 17.2 Å². The van der Waals surface area contributed by atoms with Gasteiger partial charge < -0.3 is 0 Å². The third kappa shape index (κ3) is 4.25. The number of nitrogens with one attached hydrogen (secondary N) is 1. The van der Waals surface area contributed by atoms with Gasteiger partial charge in [-0.25, -0.2) is 21.9 Å². The molecule has 21 heavy (non-hydrogen) atoms. The Hall–Kier alpha value is -0.980. The van der Waals surface area contributed by atoms with Crippen LogP contribution in [0.1, 0.15) is 24.8 Å². The molecule has 2 rings (SSSR count). The molecule has 0 radical (unpaired) electrons. The van der Waals surface area contributed by atoms with Gasteiger partial charge in [-0.05, 0) is 29.7 Å². The number of rotatable bonds is 5. The summed E-state index contributed by atoms with van der Waals surface area (Å²) in [5.41, 5.74) is 1.61. The van der Waals surface area contributed by atoms with Crippen molar-refractivity contribution in [3.63, 3.8) is 0 Å². The minimum atomic E-state index is -3.56. The third-order valence-corrected chi connectivity index (χ3v) is 5.00. The van der Waals surface area contributed by atoms with Gasteiger partial charge in [0.15, 0.2) is 0 Å². The first kappa shape index (κ1) is 16.4. The van der Waals surface area contributed by atoms with Gasteiger partial charge in [0.05, 0.1) is 4.90 Å². The van der Waals surface area contributed by atoms with Crippen LogP contribution in [0.25, 0.3) is 5.57 Å². The number of halogens is 3. The number of benzene rings is 1. The van der Waals surface area contributed by atoms with Crippen LogP contribution in [0.5, 0.6) is 0 Å². The molecule has 1 aliphatic rings. The lowest BCUT2D eigenvalue weighted by Crippen LogP contribution is -2.25. The molecule has 116 valence electrons. The van der Waals surface area contributed by atoms with Gasteiger partial charge in [-0.15, -0.1) is 11.6 Å². The maximum absolute atomic E-state index is 13.1. The first-order valence-corrected chi connectivity index (χ1v) is 8.59. The van der Waals surface area contributed by atoms with E-state index in [1.165, 1.54) is 18.2 Å². The minimum Gasteiger partial charge on any atom is -0.210 e. The summed E-state index contributed by atoms with van der Waals surface area (Å²) in [5.74, 6) is -2.43. The van der Waals surface area contributed by atoms with E-state index < -0.39 is 15.9 Å². The van der Waals surface area contributed by atoms with Gasteiger partial charge in [0.1, 0.15) is 0 Å². The summed E-state index contributed by atoms with van der Waals surface area (Å²) in [4.78, 5) is 0.137. The van der Waals surface area contributed by atoms with E-state index >= 15 is 0 Å². The quantitative estimate of drug-likeness (QED) is 0.838. The molecule has 0 saturated heterocycles. The largest absolute Gasteiger partial charge is 0.251 e. The van der Waals surface area contributed by atoms with Crippen molar-refractivity contribution in [2.45, 2.75) is 30.1 Å². The molecule has 0 saturated carbocycles. The highest BCUT2D eigenvalue weighted by Crippen LogP contribution is 2.36. The first-order chi connectivity index (χ1) is 9.84. The Morgan fingerprint density at radius 1 is 1.24 bits per heavy atom. The van der Waals surface area contributed by atoms with E-state index in [1.54, 1.807) is 12.1 Å². The second-order valence-corrected chi connectivity index (χ2v) is 7.05. The van der Waals surface area contributed by atoms with Gasteiger partial charge in [-0.2, -0.15) is 0 Å². The molecule has 0 aromatic heterocycles. The van der Waals surface area contributed by atoms with Crippen molar-refractivity contribution >= 4 is 27.2 Å². The van der Waals surface area contributed by atoms with Crippen molar-refractivity contribution in [3.05, 3.63) is 35.9 Å². The zero-order valence-electron chi connectivity index (χ0n) is 11.3. The van der Waals surface area contributed by atoms with E-state index in [4.69, 9.17) is 11.6 Å². The number of alkyl halides is 3. The predicted octanol–water partition coefficient (Wildman–Crippen LogP) is 3.41. The van der Waals surface area contributed by atoms with Crippen molar-refractivity contribution in [2.24, 2.45) is 0 Å². The number of hydrogen-bond acceptors (Lipinski definition) is 2. The van der Waals surface area contributed by atoms with Crippen LogP contribution >= 0.6 is 11.6 Å². The second kappa shape index (κ2) is 6.42. The fraction of sp³-hybridized carbons (Fsp3) is 0.429. The Morgan fingerprint density at radius 2 is 1.90 bits per heavy atom. The lowest BCUT2D eigenvalue weighted by atomic mass is 9.91. The molecule has 1 aromatic rings. The normalized spacial score (nSPS) is 18.3. The Morgan fingerprint density at radius 3 is 2.43 bits per heavy atom. The maximum Gasteiger partial charge on any atom is 0.251 e. The van der Waals surface area contributed by atoms with Crippen LogP contribution in [-0.4, -0.2) is 26.8 Å². The summed E-state index contributed by atoms with van der Waals surface area (Å²) in [6.45, 7) is 0.159. The molecule has 0 atom stereocenters. The standard InChI is InChI=1S/C14H16ClF2NO2S/c15-9-10-18-21(19,20)13-3-1-11(2-4-13)12-5-7-14(16,17)8-6-12/h1-5,18H,6-10H2. The van der Waals surface area contributed by atoms with Crippen LogP contribution in [0.3, 0.4) is 0 Å². The summed E-state index contributed by atoms with van der Waals surface area (Å²) in [7, 11) is -3.56. The molecule has 1 N–H and O–H groups in total. The molecule has 0 heterocycles. The van der Waals surface area contributed by atoms with Crippen LogP contribution in [0.15, 0.2) is 35.2 Å². The Kier molecular flexibility index (Phi) is 5.01. The molecule has 1 aromatic carbocycles. The average Bonchev–Trinajstić information content (AvgIpc) is 2.45. The van der Waals surface area contributed by atoms with E-state index in [9.17, 15) is 17.2 Å². The molecule has 0 aliphatic heterocycles. The molecule has 1 aliphatic carbocycles. The van der Waals surface area contributed by atoms with Crippen LogP contribution in [0, 0.1) is 0 Å². The smallest absolute Gasteiger partial charge is 0.210 e. The van der Waals surface area contributed by atoms with Gasteiger partial charge >= 0.3 is 0 Å². The molecular formula is C14H16ClF2NO2S. The van der Waals surface area contributed by atoms with Crippen LogP contribution in [0.4, 0.5) is 8.78 Å². The van der Waals surface area contributed by atoms with Crippen LogP contribution in [-0.2, 0) is 10.0 Å². The van der Waals surface area contributed by atoms with Crippen molar-refractivity contribution in [2.75, 3.05) is 12.4 Å². The topological polar surface area (TPSA) is 46.2 Å². The van der Waals surface area contributed by atoms with Gasteiger partial charge in [0, 0.05) is 25.3 Å². The summed E-state index contributed by atoms with van der Waals surface area (Å²) < 4.78 is 52.3. The van der Waals surface area contributed by atoms with E-state index in [2.05, 4.69) is 4.72 Å². The first-order valence-electron chi connectivity index (χ1n) is 6.57. The van der Waals surface area contributed by atoms with Gasteiger partial charge in [-0.3, -0.25) is 0 Å². The highest BCUT2D eigenvalue weighted by Gasteiger charge is 2.31. The summed E-state index contributed by atoms with van der Waals surface area (Å²) >= 11 is 5.45. The van der Waals surface area contributed by atoms with Crippen molar-refractivity contribution in [3.8, 4) is 0 Å². The number of allylic oxidation sites excluding steroid dienone is 2. The Bertz CT molecular complexity index is 627. The number of hydrogen-bond donors (Lipinski definition) is 1. The van der Waals surface area contributed by atoms with E-state index in [1.807, 2.05) is 0 Å². The van der Waals surface area contributed by atoms with Gasteiger partial charge in [0.2, 0.25) is 10.0 Å². The van der Waals surface area contributed by atoms with Crippen LogP contribution in [0.2, 0.25) is 0 Å². The highest BCUT2D eigenvalue weighted by molar-refractivity contribution is 7.89. The SMILES string of the molecule is O=S(=O)(NCCCl)c1ccc(C2=CCC(F)(F)CC2)cc1. The van der Waals surface area contributed by atoms with Crippen molar-refractivity contribution in [1.82, 2.24) is 4.72 Å². The minimum absolute atomic E-state index is 0.137. The highest BCUT2D eigenvalue weighted by atomic mass is 35.5. The fourth-order valence-corrected chi connectivity index (χ4v) is 3.40. The molecule has 0 bridgehead atoms. The fourth-order valence-electron chi connectivity index (χ4n) is 2.16. The zero-order valence-corrected chi connectivity index (χ0v) is 12.9. The van der Waals surface area contributed by atoms with Gasteiger partial charge in [-0.1, -0.05) is 18.2 Å². The zero-order chi connectivity index (χ0) is 15.5. The second-order valence-electron chi connectivity index (χ2n) is 4.90. The maximum atomic E-state index is 13.1.